The highest BCUT2D eigenvalue weighted by Crippen LogP contribution is 2.73. The second kappa shape index (κ2) is 6.89. The number of cyclic esters (lactones) is 1. The summed E-state index contributed by atoms with van der Waals surface area (Å²) in [4.78, 5) is 24.4. The monoisotopic (exact) mass is 440 g/mol. The van der Waals surface area contributed by atoms with E-state index in [0.29, 0.717) is 32.1 Å². The van der Waals surface area contributed by atoms with Crippen LogP contribution < -0.4 is 0 Å². The number of carbonyl (C=O) groups excluding carboxylic acids is 2. The van der Waals surface area contributed by atoms with Gasteiger partial charge >= 0.3 is 11.9 Å². The zero-order valence-corrected chi connectivity index (χ0v) is 19.4. The first-order chi connectivity index (χ1) is 14.3. The van der Waals surface area contributed by atoms with Crippen LogP contribution in [0.1, 0.15) is 66.2 Å². The summed E-state index contributed by atoms with van der Waals surface area (Å²) in [6.07, 6.45) is 0.472. The molecule has 4 saturated carbocycles. The van der Waals surface area contributed by atoms with Crippen molar-refractivity contribution in [3.8, 4) is 0 Å². The standard InChI is InChI=1S/C23H36O8/c1-13(24)30-16-11-14-12-22(27)20(4)9-8-17(25)31-19(2,3)15(20)7-10-21(16,22)18(26)23(14,28-5)29-6/h14-16,18,26-27H,7-12H2,1-6H3. The quantitative estimate of drug-likeness (QED) is 0.506. The zero-order valence-electron chi connectivity index (χ0n) is 19.4. The van der Waals surface area contributed by atoms with Crippen LogP contribution in [0.3, 0.4) is 0 Å². The topological polar surface area (TPSA) is 112 Å². The number of methoxy groups -OCH3 is 2. The van der Waals surface area contributed by atoms with E-state index in [1.165, 1.54) is 21.1 Å². The second-order valence-corrected chi connectivity index (χ2v) is 10.8. The molecule has 0 aromatic carbocycles. The number of hydrogen-bond donors (Lipinski definition) is 2. The maximum atomic E-state index is 12.6. The Hall–Kier alpha value is -1.22. The minimum atomic E-state index is -1.41. The van der Waals surface area contributed by atoms with Crippen LogP contribution >= 0.6 is 0 Å². The molecule has 4 aliphatic carbocycles. The molecule has 1 aliphatic heterocycles. The Labute approximate surface area is 183 Å². The number of carbonyl (C=O) groups is 2. The van der Waals surface area contributed by atoms with Gasteiger partial charge in [-0.3, -0.25) is 9.59 Å². The highest BCUT2D eigenvalue weighted by Gasteiger charge is 2.82. The highest BCUT2D eigenvalue weighted by atomic mass is 16.7. The third-order valence-electron chi connectivity index (χ3n) is 9.39. The molecule has 31 heavy (non-hydrogen) atoms. The van der Waals surface area contributed by atoms with E-state index >= 15 is 0 Å². The molecule has 5 aliphatic rings. The van der Waals surface area contributed by atoms with Crippen molar-refractivity contribution >= 4 is 11.9 Å². The van der Waals surface area contributed by atoms with Gasteiger partial charge in [0.1, 0.15) is 17.8 Å². The summed E-state index contributed by atoms with van der Waals surface area (Å²) in [6, 6.07) is 0. The molecule has 7 unspecified atom stereocenters. The maximum Gasteiger partial charge on any atom is 0.306 e. The van der Waals surface area contributed by atoms with Crippen LogP contribution in [-0.4, -0.2) is 65.6 Å². The Morgan fingerprint density at radius 3 is 2.39 bits per heavy atom. The number of ether oxygens (including phenoxy) is 4. The fourth-order valence-electron chi connectivity index (χ4n) is 8.18. The lowest BCUT2D eigenvalue weighted by atomic mass is 9.35. The lowest BCUT2D eigenvalue weighted by molar-refractivity contribution is -0.428. The molecule has 5 fully saturated rings. The van der Waals surface area contributed by atoms with Crippen molar-refractivity contribution in [2.24, 2.45) is 22.7 Å². The minimum Gasteiger partial charge on any atom is -0.462 e. The van der Waals surface area contributed by atoms with Crippen molar-refractivity contribution in [2.75, 3.05) is 14.2 Å². The summed E-state index contributed by atoms with van der Waals surface area (Å²) < 4.78 is 23.1. The normalized spacial score (nSPS) is 47.5. The van der Waals surface area contributed by atoms with Crippen LogP contribution in [-0.2, 0) is 28.5 Å². The average molecular weight is 441 g/mol. The molecule has 176 valence electrons. The van der Waals surface area contributed by atoms with E-state index in [1.807, 2.05) is 20.8 Å². The molecule has 8 heteroatoms. The van der Waals surface area contributed by atoms with E-state index in [1.54, 1.807) is 0 Å². The number of esters is 2. The van der Waals surface area contributed by atoms with E-state index in [9.17, 15) is 19.8 Å². The molecule has 1 saturated heterocycles. The predicted octanol–water partition coefficient (Wildman–Crippen LogP) is 1.94. The maximum absolute atomic E-state index is 12.6. The second-order valence-electron chi connectivity index (χ2n) is 10.8. The molecular weight excluding hydrogens is 404 g/mol. The number of fused-ring (bicyclic) bond motifs is 3. The van der Waals surface area contributed by atoms with Crippen molar-refractivity contribution in [3.63, 3.8) is 0 Å². The van der Waals surface area contributed by atoms with Gasteiger partial charge in [-0.05, 0) is 46.0 Å². The van der Waals surface area contributed by atoms with Gasteiger partial charge in [-0.1, -0.05) is 6.92 Å². The molecule has 8 nitrogen and oxygen atoms in total. The van der Waals surface area contributed by atoms with Crippen molar-refractivity contribution in [3.05, 3.63) is 0 Å². The van der Waals surface area contributed by atoms with Crippen molar-refractivity contribution in [1.82, 2.24) is 0 Å². The molecule has 2 bridgehead atoms. The Bertz CT molecular complexity index is 776. The molecule has 7 atom stereocenters. The third-order valence-corrected chi connectivity index (χ3v) is 9.39. The van der Waals surface area contributed by atoms with E-state index < -0.39 is 51.9 Å². The molecular formula is C23H36O8. The molecule has 0 aromatic heterocycles. The Balaban J connectivity index is 1.92. The number of aliphatic hydroxyl groups is 2. The van der Waals surface area contributed by atoms with Gasteiger partial charge < -0.3 is 29.2 Å². The summed E-state index contributed by atoms with van der Waals surface area (Å²) in [5.74, 6) is -2.54. The Morgan fingerprint density at radius 2 is 1.81 bits per heavy atom. The smallest absolute Gasteiger partial charge is 0.306 e. The lowest BCUT2D eigenvalue weighted by Gasteiger charge is -2.74. The molecule has 1 heterocycles. The van der Waals surface area contributed by atoms with Gasteiger partial charge in [0.15, 0.2) is 5.79 Å². The van der Waals surface area contributed by atoms with Gasteiger partial charge in [-0.25, -0.2) is 0 Å². The summed E-state index contributed by atoms with van der Waals surface area (Å²) in [5, 5.41) is 24.4. The van der Waals surface area contributed by atoms with E-state index in [2.05, 4.69) is 0 Å². The van der Waals surface area contributed by atoms with Gasteiger partial charge in [0.2, 0.25) is 0 Å². The molecule has 0 amide bonds. The number of aliphatic hydroxyl groups excluding tert-OH is 1. The number of rotatable bonds is 3. The van der Waals surface area contributed by atoms with Crippen LogP contribution in [0.5, 0.6) is 0 Å². The molecule has 1 spiro atoms. The fourth-order valence-corrected chi connectivity index (χ4v) is 8.18. The molecule has 0 aromatic rings. The van der Waals surface area contributed by atoms with Crippen molar-refractivity contribution in [2.45, 2.75) is 95.4 Å². The van der Waals surface area contributed by atoms with Crippen LogP contribution in [0.4, 0.5) is 0 Å². The molecule has 0 radical (unpaired) electrons. The van der Waals surface area contributed by atoms with Crippen LogP contribution in [0, 0.1) is 22.7 Å². The van der Waals surface area contributed by atoms with E-state index in [4.69, 9.17) is 18.9 Å². The highest BCUT2D eigenvalue weighted by molar-refractivity contribution is 5.70. The van der Waals surface area contributed by atoms with Crippen LogP contribution in [0.15, 0.2) is 0 Å². The summed E-state index contributed by atoms with van der Waals surface area (Å²) in [6.45, 7) is 7.15. The summed E-state index contributed by atoms with van der Waals surface area (Å²) >= 11 is 0. The molecule has 5 rings (SSSR count). The van der Waals surface area contributed by atoms with Crippen molar-refractivity contribution in [1.29, 1.82) is 0 Å². The first kappa shape index (κ1) is 23.0. The Morgan fingerprint density at radius 1 is 1.16 bits per heavy atom. The largest absolute Gasteiger partial charge is 0.462 e. The summed E-state index contributed by atoms with van der Waals surface area (Å²) in [5.41, 5.74) is -4.10. The first-order valence-electron chi connectivity index (χ1n) is 11.2. The van der Waals surface area contributed by atoms with Gasteiger partial charge in [0.05, 0.1) is 11.0 Å². The molecule has 2 N–H and O–H groups in total. The van der Waals surface area contributed by atoms with Crippen LogP contribution in [0.2, 0.25) is 0 Å². The lowest BCUT2D eigenvalue weighted by Crippen LogP contribution is -2.84. The zero-order chi connectivity index (χ0) is 23.0. The third kappa shape index (κ3) is 2.62. The predicted molar refractivity (Wildman–Crippen MR) is 109 cm³/mol. The Kier molecular flexibility index (Phi) is 5.10. The van der Waals surface area contributed by atoms with Gasteiger partial charge in [-0.2, -0.15) is 0 Å². The van der Waals surface area contributed by atoms with Crippen molar-refractivity contribution < 1.29 is 38.7 Å². The van der Waals surface area contributed by atoms with E-state index in [0.717, 1.165) is 0 Å². The SMILES string of the molecule is COC1(OC)C2CC(OC(C)=O)C3(CCC4C(C)(C)OC(=O)CCC4(C)C3(O)C2)C1O. The fraction of sp³-hybridized carbons (Fsp3) is 0.913. The minimum absolute atomic E-state index is 0.119. The summed E-state index contributed by atoms with van der Waals surface area (Å²) in [7, 11) is 3.00. The van der Waals surface area contributed by atoms with Gasteiger partial charge in [0, 0.05) is 44.8 Å². The van der Waals surface area contributed by atoms with Gasteiger partial charge in [-0.15, -0.1) is 0 Å². The first-order valence-corrected chi connectivity index (χ1v) is 11.2. The van der Waals surface area contributed by atoms with Crippen LogP contribution in [0.25, 0.3) is 0 Å². The average Bonchev–Trinajstić information content (AvgIpc) is 2.76. The van der Waals surface area contributed by atoms with E-state index in [-0.39, 0.29) is 18.3 Å². The number of hydrogen-bond acceptors (Lipinski definition) is 8. The van der Waals surface area contributed by atoms with Gasteiger partial charge in [0.25, 0.3) is 0 Å².